The van der Waals surface area contributed by atoms with Gasteiger partial charge in [0.2, 0.25) is 0 Å². The maximum absolute atomic E-state index is 12.0. The standard InChI is InChI=1S/C36H62O4/c1-31(2)21-11-5-7-19-29-39-35(37)27-15-9-13-23-33-25-17-18-26-34(33)24-14-10-16-28-36(38)40-30-20-8-6-12-22-32(3)4/h17-18,25-26,31-32H,5-16,19-24,27-30H2,1-4H3. The van der Waals surface area contributed by atoms with E-state index in [4.69, 9.17) is 9.47 Å². The van der Waals surface area contributed by atoms with Gasteiger partial charge in [-0.1, -0.05) is 116 Å². The summed E-state index contributed by atoms with van der Waals surface area (Å²) in [6.07, 6.45) is 21.2. The second kappa shape index (κ2) is 24.9. The molecule has 0 fully saturated rings. The number of unbranched alkanes of at least 4 members (excludes halogenated alkanes) is 10. The molecule has 0 aromatic heterocycles. The van der Waals surface area contributed by atoms with E-state index < -0.39 is 0 Å². The van der Waals surface area contributed by atoms with Crippen LogP contribution in [0.2, 0.25) is 0 Å². The Morgan fingerprint density at radius 3 is 1.30 bits per heavy atom. The van der Waals surface area contributed by atoms with Gasteiger partial charge in [-0.3, -0.25) is 9.59 Å². The Kier molecular flexibility index (Phi) is 22.5. The molecule has 1 aromatic carbocycles. The van der Waals surface area contributed by atoms with Crippen LogP contribution in [0.1, 0.15) is 154 Å². The van der Waals surface area contributed by atoms with Gasteiger partial charge in [-0.25, -0.2) is 0 Å². The van der Waals surface area contributed by atoms with Crippen LogP contribution in [0.4, 0.5) is 0 Å². The first-order chi connectivity index (χ1) is 19.4. The summed E-state index contributed by atoms with van der Waals surface area (Å²) in [6.45, 7) is 10.2. The lowest BCUT2D eigenvalue weighted by molar-refractivity contribution is -0.144. The van der Waals surface area contributed by atoms with Crippen molar-refractivity contribution in [3.05, 3.63) is 35.4 Å². The molecule has 40 heavy (non-hydrogen) atoms. The number of esters is 2. The van der Waals surface area contributed by atoms with Crippen LogP contribution >= 0.6 is 0 Å². The van der Waals surface area contributed by atoms with Gasteiger partial charge in [0.15, 0.2) is 0 Å². The number of carbonyl (C=O) groups is 2. The fourth-order valence-corrected chi connectivity index (χ4v) is 5.10. The molecular weight excluding hydrogens is 496 g/mol. The van der Waals surface area contributed by atoms with E-state index in [2.05, 4.69) is 52.0 Å². The Morgan fingerprint density at radius 2 is 0.900 bits per heavy atom. The van der Waals surface area contributed by atoms with E-state index >= 15 is 0 Å². The summed E-state index contributed by atoms with van der Waals surface area (Å²) in [5.41, 5.74) is 2.85. The average molecular weight is 559 g/mol. The van der Waals surface area contributed by atoms with Gasteiger partial charge >= 0.3 is 11.9 Å². The summed E-state index contributed by atoms with van der Waals surface area (Å²) in [6, 6.07) is 8.73. The Balaban J connectivity index is 2.05. The Hall–Kier alpha value is -1.84. The summed E-state index contributed by atoms with van der Waals surface area (Å²) in [5.74, 6) is 1.49. The molecule has 0 unspecified atom stereocenters. The van der Waals surface area contributed by atoms with E-state index in [0.717, 1.165) is 88.9 Å². The first kappa shape index (κ1) is 36.2. The van der Waals surface area contributed by atoms with Crippen LogP contribution in [-0.4, -0.2) is 25.2 Å². The third kappa shape index (κ3) is 21.9. The van der Waals surface area contributed by atoms with Crippen molar-refractivity contribution in [1.82, 2.24) is 0 Å². The van der Waals surface area contributed by atoms with Crippen LogP contribution in [0.5, 0.6) is 0 Å². The van der Waals surface area contributed by atoms with E-state index in [1.54, 1.807) is 0 Å². The molecule has 0 spiro atoms. The topological polar surface area (TPSA) is 52.6 Å². The molecule has 0 amide bonds. The van der Waals surface area contributed by atoms with E-state index in [1.807, 2.05) is 0 Å². The number of aryl methyl sites for hydroxylation is 2. The molecule has 0 aliphatic carbocycles. The van der Waals surface area contributed by atoms with E-state index in [9.17, 15) is 9.59 Å². The maximum Gasteiger partial charge on any atom is 0.305 e. The van der Waals surface area contributed by atoms with Gasteiger partial charge in [-0.2, -0.15) is 0 Å². The number of hydrogen-bond donors (Lipinski definition) is 0. The first-order valence-electron chi connectivity index (χ1n) is 16.8. The molecule has 4 heteroatoms. The number of benzene rings is 1. The quantitative estimate of drug-likeness (QED) is 0.0838. The van der Waals surface area contributed by atoms with Crippen LogP contribution < -0.4 is 0 Å². The third-order valence-corrected chi connectivity index (χ3v) is 7.65. The molecule has 230 valence electrons. The van der Waals surface area contributed by atoms with Crippen molar-refractivity contribution in [3.63, 3.8) is 0 Å². The second-order valence-electron chi connectivity index (χ2n) is 12.5. The number of carbonyl (C=O) groups excluding carboxylic acids is 2. The molecule has 0 bridgehead atoms. The number of rotatable bonds is 26. The molecule has 0 saturated carbocycles. The highest BCUT2D eigenvalue weighted by molar-refractivity contribution is 5.69. The van der Waals surface area contributed by atoms with Crippen molar-refractivity contribution >= 4 is 11.9 Å². The summed E-state index contributed by atoms with van der Waals surface area (Å²) >= 11 is 0. The van der Waals surface area contributed by atoms with E-state index in [-0.39, 0.29) is 11.9 Å². The predicted molar refractivity (Wildman–Crippen MR) is 169 cm³/mol. The molecule has 0 heterocycles. The van der Waals surface area contributed by atoms with Gasteiger partial charge in [-0.05, 0) is 74.3 Å². The van der Waals surface area contributed by atoms with E-state index in [1.165, 1.54) is 49.7 Å². The molecule has 0 aliphatic rings. The molecule has 0 aliphatic heterocycles. The van der Waals surface area contributed by atoms with E-state index in [0.29, 0.717) is 26.1 Å². The molecule has 0 N–H and O–H groups in total. The molecule has 0 saturated heterocycles. The lowest BCUT2D eigenvalue weighted by Crippen LogP contribution is -2.06. The molecule has 1 aromatic rings. The highest BCUT2D eigenvalue weighted by Gasteiger charge is 2.07. The first-order valence-corrected chi connectivity index (χ1v) is 16.8. The van der Waals surface area contributed by atoms with Gasteiger partial charge in [0.1, 0.15) is 0 Å². The SMILES string of the molecule is CC(C)CCCCCCOC(=O)CCCCCc1ccccc1CCCCCC(=O)OCCCCCCC(C)C. The zero-order chi connectivity index (χ0) is 29.3. The second-order valence-corrected chi connectivity index (χ2v) is 12.5. The molecule has 1 rings (SSSR count). The van der Waals surface area contributed by atoms with Crippen molar-refractivity contribution in [2.24, 2.45) is 11.8 Å². The number of hydrogen-bond acceptors (Lipinski definition) is 4. The van der Waals surface area contributed by atoms with Crippen molar-refractivity contribution in [2.45, 2.75) is 156 Å². The highest BCUT2D eigenvalue weighted by atomic mass is 16.5. The normalized spacial score (nSPS) is 11.3. The van der Waals surface area contributed by atoms with Crippen molar-refractivity contribution in [1.29, 1.82) is 0 Å². The minimum atomic E-state index is -0.0384. The van der Waals surface area contributed by atoms with Crippen LogP contribution in [-0.2, 0) is 31.9 Å². The van der Waals surface area contributed by atoms with Crippen molar-refractivity contribution in [3.8, 4) is 0 Å². The monoisotopic (exact) mass is 558 g/mol. The Labute approximate surface area is 247 Å². The van der Waals surface area contributed by atoms with Gasteiger partial charge < -0.3 is 9.47 Å². The smallest absolute Gasteiger partial charge is 0.305 e. The zero-order valence-electron chi connectivity index (χ0n) is 26.7. The summed E-state index contributed by atoms with van der Waals surface area (Å²) in [7, 11) is 0. The van der Waals surface area contributed by atoms with Gasteiger partial charge in [-0.15, -0.1) is 0 Å². The third-order valence-electron chi connectivity index (χ3n) is 7.65. The van der Waals surface area contributed by atoms with Crippen LogP contribution in [0, 0.1) is 11.8 Å². The summed E-state index contributed by atoms with van der Waals surface area (Å²) < 4.78 is 10.8. The molecular formula is C36H62O4. The maximum atomic E-state index is 12.0. The zero-order valence-corrected chi connectivity index (χ0v) is 26.7. The lowest BCUT2D eigenvalue weighted by atomic mass is 9.97. The largest absolute Gasteiger partial charge is 0.466 e. The Morgan fingerprint density at radius 1 is 0.525 bits per heavy atom. The van der Waals surface area contributed by atoms with Crippen molar-refractivity contribution < 1.29 is 19.1 Å². The highest BCUT2D eigenvalue weighted by Crippen LogP contribution is 2.17. The molecule has 0 radical (unpaired) electrons. The lowest BCUT2D eigenvalue weighted by Gasteiger charge is -2.10. The molecule has 4 nitrogen and oxygen atoms in total. The van der Waals surface area contributed by atoms with Crippen LogP contribution in [0.25, 0.3) is 0 Å². The fourth-order valence-electron chi connectivity index (χ4n) is 5.10. The number of ether oxygens (including phenoxy) is 2. The minimum Gasteiger partial charge on any atom is -0.466 e. The van der Waals surface area contributed by atoms with Crippen LogP contribution in [0.3, 0.4) is 0 Å². The predicted octanol–water partition coefficient (Wildman–Crippen LogP) is 10.2. The Bertz CT molecular complexity index is 692. The summed E-state index contributed by atoms with van der Waals surface area (Å²) in [4.78, 5) is 24.0. The average Bonchev–Trinajstić information content (AvgIpc) is 2.92. The van der Waals surface area contributed by atoms with Crippen LogP contribution in [0.15, 0.2) is 24.3 Å². The van der Waals surface area contributed by atoms with Gasteiger partial charge in [0.05, 0.1) is 13.2 Å². The molecule has 0 atom stereocenters. The summed E-state index contributed by atoms with van der Waals surface area (Å²) in [5, 5.41) is 0. The van der Waals surface area contributed by atoms with Gasteiger partial charge in [0, 0.05) is 12.8 Å². The van der Waals surface area contributed by atoms with Gasteiger partial charge in [0.25, 0.3) is 0 Å². The van der Waals surface area contributed by atoms with Crippen molar-refractivity contribution in [2.75, 3.05) is 13.2 Å². The fraction of sp³-hybridized carbons (Fsp3) is 0.778. The minimum absolute atomic E-state index is 0.0384.